The Labute approximate surface area is 154 Å². The van der Waals surface area contributed by atoms with Gasteiger partial charge in [0.2, 0.25) is 11.8 Å². The van der Waals surface area contributed by atoms with E-state index in [1.54, 1.807) is 24.3 Å². The molecule has 0 aliphatic carbocycles. The molecule has 0 fully saturated rings. The summed E-state index contributed by atoms with van der Waals surface area (Å²) in [5.41, 5.74) is 1.29. The van der Waals surface area contributed by atoms with Gasteiger partial charge in [-0.15, -0.1) is 11.8 Å². The number of anilines is 2. The molecule has 0 aromatic heterocycles. The van der Waals surface area contributed by atoms with Crippen LogP contribution in [-0.2, 0) is 9.59 Å². The molecule has 0 saturated heterocycles. The molecule has 0 saturated carbocycles. The molecule has 24 heavy (non-hydrogen) atoms. The van der Waals surface area contributed by atoms with Gasteiger partial charge in [-0.1, -0.05) is 29.3 Å². The zero-order valence-corrected chi connectivity index (χ0v) is 15.4. The summed E-state index contributed by atoms with van der Waals surface area (Å²) in [4.78, 5) is 24.3. The Morgan fingerprint density at radius 3 is 2.38 bits per heavy atom. The molecule has 0 radical (unpaired) electrons. The van der Waals surface area contributed by atoms with Crippen molar-refractivity contribution in [3.8, 4) is 0 Å². The molecule has 2 N–H and O–H groups in total. The van der Waals surface area contributed by atoms with Crippen LogP contribution in [0.15, 0.2) is 47.4 Å². The fourth-order valence-corrected chi connectivity index (χ4v) is 3.15. The number of carbonyl (C=O) groups is 2. The molecular formula is C17H16Cl2N2O2S. The molecule has 0 bridgehead atoms. The van der Waals surface area contributed by atoms with Crippen LogP contribution in [0, 0.1) is 0 Å². The van der Waals surface area contributed by atoms with E-state index in [-0.39, 0.29) is 17.1 Å². The topological polar surface area (TPSA) is 58.2 Å². The first kappa shape index (κ1) is 18.6. The average Bonchev–Trinajstić information content (AvgIpc) is 2.50. The molecule has 4 nitrogen and oxygen atoms in total. The molecule has 2 aromatic carbocycles. The van der Waals surface area contributed by atoms with E-state index in [1.165, 1.54) is 18.7 Å². The van der Waals surface area contributed by atoms with Gasteiger partial charge in [0.25, 0.3) is 0 Å². The molecule has 2 amide bonds. The summed E-state index contributed by atoms with van der Waals surface area (Å²) < 4.78 is 0. The standard InChI is InChI=1S/C17H16Cl2N2O2S/c1-10(17(23)21-13-6-7-15(18)16(19)9-13)24-14-5-3-4-12(8-14)20-11(2)22/h3-10H,1-2H3,(H,20,22)(H,21,23). The summed E-state index contributed by atoms with van der Waals surface area (Å²) >= 11 is 13.2. The van der Waals surface area contributed by atoms with E-state index in [4.69, 9.17) is 23.2 Å². The van der Waals surface area contributed by atoms with E-state index in [9.17, 15) is 9.59 Å². The third kappa shape index (κ3) is 5.44. The van der Waals surface area contributed by atoms with Gasteiger partial charge in [-0.25, -0.2) is 0 Å². The van der Waals surface area contributed by atoms with Gasteiger partial charge in [-0.2, -0.15) is 0 Å². The summed E-state index contributed by atoms with van der Waals surface area (Å²) in [6.45, 7) is 3.26. The summed E-state index contributed by atoms with van der Waals surface area (Å²) in [7, 11) is 0. The van der Waals surface area contributed by atoms with E-state index >= 15 is 0 Å². The van der Waals surface area contributed by atoms with Crippen molar-refractivity contribution in [3.63, 3.8) is 0 Å². The number of thioether (sulfide) groups is 1. The van der Waals surface area contributed by atoms with E-state index < -0.39 is 0 Å². The molecular weight excluding hydrogens is 367 g/mol. The fourth-order valence-electron chi connectivity index (χ4n) is 1.93. The monoisotopic (exact) mass is 382 g/mol. The van der Waals surface area contributed by atoms with Crippen LogP contribution in [0.5, 0.6) is 0 Å². The van der Waals surface area contributed by atoms with Crippen molar-refractivity contribution in [2.75, 3.05) is 10.6 Å². The number of nitrogens with one attached hydrogen (secondary N) is 2. The quantitative estimate of drug-likeness (QED) is 0.709. The van der Waals surface area contributed by atoms with E-state index in [2.05, 4.69) is 10.6 Å². The van der Waals surface area contributed by atoms with Gasteiger partial charge in [-0.05, 0) is 43.3 Å². The molecule has 126 valence electrons. The molecule has 1 unspecified atom stereocenters. The highest BCUT2D eigenvalue weighted by Crippen LogP contribution is 2.28. The third-order valence-electron chi connectivity index (χ3n) is 3.02. The number of benzene rings is 2. The summed E-state index contributed by atoms with van der Waals surface area (Å²) in [6, 6.07) is 12.3. The number of hydrogen-bond acceptors (Lipinski definition) is 3. The fraction of sp³-hybridized carbons (Fsp3) is 0.176. The molecule has 7 heteroatoms. The second-order valence-electron chi connectivity index (χ2n) is 5.09. The maximum Gasteiger partial charge on any atom is 0.237 e. The van der Waals surface area contributed by atoms with E-state index in [0.29, 0.717) is 21.4 Å². The first-order valence-corrected chi connectivity index (χ1v) is 8.79. The predicted molar refractivity (Wildman–Crippen MR) is 101 cm³/mol. The lowest BCUT2D eigenvalue weighted by atomic mass is 10.3. The van der Waals surface area contributed by atoms with Crippen LogP contribution in [0.1, 0.15) is 13.8 Å². The molecule has 2 aromatic rings. The Balaban J connectivity index is 2.00. The third-order valence-corrected chi connectivity index (χ3v) is 4.86. The van der Waals surface area contributed by atoms with Crippen LogP contribution in [0.25, 0.3) is 0 Å². The lowest BCUT2D eigenvalue weighted by Gasteiger charge is -2.13. The Hall–Kier alpha value is -1.69. The number of halogens is 2. The maximum atomic E-state index is 12.3. The van der Waals surface area contributed by atoms with Gasteiger partial charge in [0.05, 0.1) is 15.3 Å². The molecule has 2 rings (SSSR count). The van der Waals surface area contributed by atoms with Crippen molar-refractivity contribution in [2.45, 2.75) is 24.0 Å². The minimum absolute atomic E-state index is 0.137. The Morgan fingerprint density at radius 1 is 1.00 bits per heavy atom. The van der Waals surface area contributed by atoms with Crippen molar-refractivity contribution in [1.29, 1.82) is 0 Å². The van der Waals surface area contributed by atoms with Crippen LogP contribution in [-0.4, -0.2) is 17.1 Å². The SMILES string of the molecule is CC(=O)Nc1cccc(SC(C)C(=O)Nc2ccc(Cl)c(Cl)c2)c1. The predicted octanol–water partition coefficient (Wildman–Crippen LogP) is 5.07. The van der Waals surface area contributed by atoms with Gasteiger partial charge in [0, 0.05) is 23.2 Å². The number of rotatable bonds is 5. The van der Waals surface area contributed by atoms with Crippen molar-refractivity contribution >= 4 is 58.2 Å². The smallest absolute Gasteiger partial charge is 0.237 e. The van der Waals surface area contributed by atoms with Crippen LogP contribution in [0.3, 0.4) is 0 Å². The Kier molecular flexibility index (Phi) is 6.54. The first-order chi connectivity index (χ1) is 11.3. The Bertz CT molecular complexity index is 768. The van der Waals surface area contributed by atoms with E-state index in [0.717, 1.165) is 4.90 Å². The van der Waals surface area contributed by atoms with Crippen molar-refractivity contribution in [3.05, 3.63) is 52.5 Å². The second-order valence-corrected chi connectivity index (χ2v) is 7.32. The van der Waals surface area contributed by atoms with E-state index in [1.807, 2.05) is 25.1 Å². The molecule has 0 aliphatic heterocycles. The summed E-state index contributed by atoms with van der Waals surface area (Å²) in [6.07, 6.45) is 0. The highest BCUT2D eigenvalue weighted by atomic mass is 35.5. The number of hydrogen-bond donors (Lipinski definition) is 2. The van der Waals surface area contributed by atoms with Crippen LogP contribution in [0.4, 0.5) is 11.4 Å². The van der Waals surface area contributed by atoms with Crippen molar-refractivity contribution in [1.82, 2.24) is 0 Å². The van der Waals surface area contributed by atoms with Crippen LogP contribution in [0.2, 0.25) is 10.0 Å². The van der Waals surface area contributed by atoms with Gasteiger partial charge >= 0.3 is 0 Å². The van der Waals surface area contributed by atoms with Gasteiger partial charge in [0.1, 0.15) is 0 Å². The minimum Gasteiger partial charge on any atom is -0.326 e. The first-order valence-electron chi connectivity index (χ1n) is 7.15. The zero-order valence-electron chi connectivity index (χ0n) is 13.1. The summed E-state index contributed by atoms with van der Waals surface area (Å²) in [5, 5.41) is 6.02. The highest BCUT2D eigenvalue weighted by Gasteiger charge is 2.15. The lowest BCUT2D eigenvalue weighted by molar-refractivity contribution is -0.115. The zero-order chi connectivity index (χ0) is 17.7. The minimum atomic E-state index is -0.327. The second kappa shape index (κ2) is 8.42. The molecule has 0 spiro atoms. The van der Waals surface area contributed by atoms with Gasteiger partial charge in [0.15, 0.2) is 0 Å². The van der Waals surface area contributed by atoms with Crippen molar-refractivity contribution < 1.29 is 9.59 Å². The molecule has 0 heterocycles. The van der Waals surface area contributed by atoms with Crippen LogP contribution < -0.4 is 10.6 Å². The number of carbonyl (C=O) groups excluding carboxylic acids is 2. The Morgan fingerprint density at radius 2 is 1.71 bits per heavy atom. The maximum absolute atomic E-state index is 12.3. The summed E-state index contributed by atoms with van der Waals surface area (Å²) in [5.74, 6) is -0.286. The molecule has 0 aliphatic rings. The largest absolute Gasteiger partial charge is 0.326 e. The molecule has 1 atom stereocenters. The lowest BCUT2D eigenvalue weighted by Crippen LogP contribution is -2.22. The van der Waals surface area contributed by atoms with Gasteiger partial charge in [-0.3, -0.25) is 9.59 Å². The normalized spacial score (nSPS) is 11.7. The van der Waals surface area contributed by atoms with Gasteiger partial charge < -0.3 is 10.6 Å². The number of amides is 2. The average molecular weight is 383 g/mol. The highest BCUT2D eigenvalue weighted by molar-refractivity contribution is 8.00. The van der Waals surface area contributed by atoms with Crippen LogP contribution >= 0.6 is 35.0 Å². The van der Waals surface area contributed by atoms with Crippen molar-refractivity contribution in [2.24, 2.45) is 0 Å².